The predicted octanol–water partition coefficient (Wildman–Crippen LogP) is 1.48. The van der Waals surface area contributed by atoms with E-state index in [2.05, 4.69) is 9.88 Å². The van der Waals surface area contributed by atoms with E-state index >= 15 is 0 Å². The Morgan fingerprint density at radius 1 is 1.14 bits per heavy atom. The highest BCUT2D eigenvalue weighted by Gasteiger charge is 2.31. The van der Waals surface area contributed by atoms with E-state index in [0.29, 0.717) is 11.8 Å². The number of rotatable bonds is 6. The van der Waals surface area contributed by atoms with Gasteiger partial charge in [0.15, 0.2) is 0 Å². The van der Waals surface area contributed by atoms with E-state index < -0.39 is 0 Å². The van der Waals surface area contributed by atoms with Crippen molar-refractivity contribution in [3.05, 3.63) is 48.4 Å². The van der Waals surface area contributed by atoms with Crippen molar-refractivity contribution < 1.29 is 9.53 Å². The van der Waals surface area contributed by atoms with Crippen LogP contribution in [0.3, 0.4) is 0 Å². The summed E-state index contributed by atoms with van der Waals surface area (Å²) < 4.78 is 5.92. The summed E-state index contributed by atoms with van der Waals surface area (Å²) in [6, 6.07) is 5.67. The Morgan fingerprint density at radius 2 is 1.89 bits per heavy atom. The van der Waals surface area contributed by atoms with E-state index in [1.807, 2.05) is 29.2 Å². The Kier molecular flexibility index (Phi) is 7.31. The Hall–Kier alpha value is -2.54. The molecular weight excluding hydrogens is 354 g/mol. The predicted molar refractivity (Wildman–Crippen MR) is 109 cm³/mol. The van der Waals surface area contributed by atoms with Crippen molar-refractivity contribution in [1.29, 1.82) is 0 Å². The fourth-order valence-corrected chi connectivity index (χ4v) is 3.92. The number of ether oxygens (including phenoxy) is 1. The average Bonchev–Trinajstić information content (AvgIpc) is 2.75. The molecule has 0 atom stereocenters. The largest absolute Gasteiger partial charge is 0.474 e. The molecule has 3 rings (SSSR count). The molecule has 2 aliphatic heterocycles. The van der Waals surface area contributed by atoms with Gasteiger partial charge in [-0.05, 0) is 56.0 Å². The van der Waals surface area contributed by atoms with E-state index in [-0.39, 0.29) is 12.0 Å². The van der Waals surface area contributed by atoms with Crippen molar-refractivity contribution in [1.82, 2.24) is 14.8 Å². The summed E-state index contributed by atoms with van der Waals surface area (Å²) in [5.41, 5.74) is 12.1. The van der Waals surface area contributed by atoms with Crippen LogP contribution >= 0.6 is 0 Å². The highest BCUT2D eigenvalue weighted by molar-refractivity contribution is 5.79. The Morgan fingerprint density at radius 3 is 2.50 bits per heavy atom. The molecule has 1 aromatic rings. The molecule has 0 unspecified atom stereocenters. The lowest BCUT2D eigenvalue weighted by Gasteiger charge is -2.37. The molecule has 4 N–H and O–H groups in total. The van der Waals surface area contributed by atoms with Crippen molar-refractivity contribution in [3.63, 3.8) is 0 Å². The van der Waals surface area contributed by atoms with E-state index in [9.17, 15) is 4.79 Å². The van der Waals surface area contributed by atoms with Gasteiger partial charge < -0.3 is 21.1 Å². The normalized spacial score (nSPS) is 20.6. The first-order valence-electron chi connectivity index (χ1n) is 10.1. The van der Waals surface area contributed by atoms with Crippen LogP contribution in [0.25, 0.3) is 0 Å². The van der Waals surface area contributed by atoms with Crippen LogP contribution in [0.1, 0.15) is 25.7 Å². The summed E-state index contributed by atoms with van der Waals surface area (Å²) in [6.07, 6.45) is 10.3. The summed E-state index contributed by atoms with van der Waals surface area (Å²) in [4.78, 5) is 21.5. The minimum atomic E-state index is 0.125. The molecule has 0 aliphatic carbocycles. The van der Waals surface area contributed by atoms with Gasteiger partial charge in [0.25, 0.3) is 0 Å². The number of amides is 1. The van der Waals surface area contributed by atoms with Crippen LogP contribution < -0.4 is 16.2 Å². The SMILES string of the molecule is N/C=C\C(=C/N)CN1CCC(C(=O)N2CCC(Oc3ccccn3)CC2)CC1. The summed E-state index contributed by atoms with van der Waals surface area (Å²) in [7, 11) is 0. The van der Waals surface area contributed by atoms with Crippen LogP contribution in [-0.4, -0.2) is 59.5 Å². The van der Waals surface area contributed by atoms with E-state index in [1.165, 1.54) is 6.20 Å². The third-order valence-electron chi connectivity index (χ3n) is 5.55. The van der Waals surface area contributed by atoms with Gasteiger partial charge in [-0.1, -0.05) is 6.07 Å². The molecule has 2 saturated heterocycles. The first-order chi connectivity index (χ1) is 13.7. The second-order valence-corrected chi connectivity index (χ2v) is 7.46. The van der Waals surface area contributed by atoms with E-state index in [4.69, 9.17) is 16.2 Å². The number of carbonyl (C=O) groups excluding carboxylic acids is 1. The quantitative estimate of drug-likeness (QED) is 0.720. The van der Waals surface area contributed by atoms with Gasteiger partial charge in [0.05, 0.1) is 0 Å². The third-order valence-corrected chi connectivity index (χ3v) is 5.55. The second-order valence-electron chi connectivity index (χ2n) is 7.46. The average molecular weight is 386 g/mol. The van der Waals surface area contributed by atoms with Crippen LogP contribution in [0.15, 0.2) is 48.4 Å². The van der Waals surface area contributed by atoms with Crippen LogP contribution in [0, 0.1) is 5.92 Å². The van der Waals surface area contributed by atoms with Crippen molar-refractivity contribution in [2.45, 2.75) is 31.8 Å². The second kappa shape index (κ2) is 10.1. The summed E-state index contributed by atoms with van der Waals surface area (Å²) >= 11 is 0. The smallest absolute Gasteiger partial charge is 0.225 e. The molecule has 28 heavy (non-hydrogen) atoms. The molecule has 2 fully saturated rings. The lowest BCUT2D eigenvalue weighted by atomic mass is 9.94. The fraction of sp³-hybridized carbons (Fsp3) is 0.524. The van der Waals surface area contributed by atoms with Gasteiger partial charge in [-0.25, -0.2) is 4.98 Å². The van der Waals surface area contributed by atoms with Crippen molar-refractivity contribution in [2.24, 2.45) is 17.4 Å². The fourth-order valence-electron chi connectivity index (χ4n) is 3.92. The topological polar surface area (TPSA) is 97.7 Å². The molecular formula is C21H31N5O2. The molecule has 0 saturated carbocycles. The van der Waals surface area contributed by atoms with E-state index in [0.717, 1.165) is 64.0 Å². The number of piperidine rings is 2. The van der Waals surface area contributed by atoms with Gasteiger partial charge in [0, 0.05) is 50.7 Å². The molecule has 1 aromatic heterocycles. The minimum absolute atomic E-state index is 0.125. The van der Waals surface area contributed by atoms with Gasteiger partial charge in [-0.3, -0.25) is 9.69 Å². The lowest BCUT2D eigenvalue weighted by Crippen LogP contribution is -2.47. The minimum Gasteiger partial charge on any atom is -0.474 e. The molecule has 0 spiro atoms. The Labute approximate surface area is 167 Å². The van der Waals surface area contributed by atoms with Crippen molar-refractivity contribution >= 4 is 5.91 Å². The molecule has 152 valence electrons. The number of likely N-dealkylation sites (tertiary alicyclic amines) is 2. The zero-order valence-electron chi connectivity index (χ0n) is 16.4. The highest BCUT2D eigenvalue weighted by atomic mass is 16.5. The Balaban J connectivity index is 1.41. The molecule has 0 radical (unpaired) electrons. The van der Waals surface area contributed by atoms with Gasteiger partial charge in [-0.2, -0.15) is 0 Å². The van der Waals surface area contributed by atoms with Gasteiger partial charge >= 0.3 is 0 Å². The molecule has 1 amide bonds. The zero-order valence-corrected chi connectivity index (χ0v) is 16.4. The van der Waals surface area contributed by atoms with Crippen molar-refractivity contribution in [3.8, 4) is 5.88 Å². The van der Waals surface area contributed by atoms with Gasteiger partial charge in [-0.15, -0.1) is 0 Å². The maximum atomic E-state index is 12.9. The maximum Gasteiger partial charge on any atom is 0.225 e. The number of pyridine rings is 1. The van der Waals surface area contributed by atoms with Crippen LogP contribution in [0.4, 0.5) is 0 Å². The third kappa shape index (κ3) is 5.48. The zero-order chi connectivity index (χ0) is 19.8. The number of nitrogens with zero attached hydrogens (tertiary/aromatic N) is 3. The monoisotopic (exact) mass is 385 g/mol. The van der Waals surface area contributed by atoms with Crippen molar-refractivity contribution in [2.75, 3.05) is 32.7 Å². The number of carbonyl (C=O) groups is 1. The highest BCUT2D eigenvalue weighted by Crippen LogP contribution is 2.23. The summed E-state index contributed by atoms with van der Waals surface area (Å²) in [5.74, 6) is 1.09. The maximum absolute atomic E-state index is 12.9. The number of hydrogen-bond acceptors (Lipinski definition) is 6. The summed E-state index contributed by atoms with van der Waals surface area (Å²) in [5, 5.41) is 0. The number of aromatic nitrogens is 1. The summed E-state index contributed by atoms with van der Waals surface area (Å²) in [6.45, 7) is 4.12. The van der Waals surface area contributed by atoms with Gasteiger partial charge in [0.1, 0.15) is 6.10 Å². The number of nitrogens with two attached hydrogens (primary N) is 2. The molecule has 7 nitrogen and oxygen atoms in total. The van der Waals surface area contributed by atoms with Crippen LogP contribution in [-0.2, 0) is 4.79 Å². The first-order valence-corrected chi connectivity index (χ1v) is 10.1. The lowest BCUT2D eigenvalue weighted by molar-refractivity contribution is -0.138. The number of hydrogen-bond donors (Lipinski definition) is 2. The molecule has 7 heteroatoms. The first kappa shape index (κ1) is 20.2. The molecule has 3 heterocycles. The van der Waals surface area contributed by atoms with Gasteiger partial charge in [0.2, 0.25) is 11.8 Å². The van der Waals surface area contributed by atoms with E-state index in [1.54, 1.807) is 12.4 Å². The standard InChI is InChI=1S/C21H31N5O2/c22-9-4-17(15-23)16-25-11-5-18(6-12-25)21(27)26-13-7-19(8-14-26)28-20-3-1-2-10-24-20/h1-4,9-10,15,18-19H,5-8,11-14,16,22-23H2/b9-4-,17-15+. The Bertz CT molecular complexity index is 675. The molecule has 2 aliphatic rings. The molecule has 0 aromatic carbocycles. The molecule has 0 bridgehead atoms. The van der Waals surface area contributed by atoms with Crippen LogP contribution in [0.5, 0.6) is 5.88 Å². The van der Waals surface area contributed by atoms with Crippen LogP contribution in [0.2, 0.25) is 0 Å².